The molecule has 16 heavy (non-hydrogen) atoms. The van der Waals surface area contributed by atoms with Gasteiger partial charge in [-0.15, -0.1) is 23.2 Å². The maximum atomic E-state index is 10.6. The van der Waals surface area contributed by atoms with Gasteiger partial charge in [0.1, 0.15) is 0 Å². The van der Waals surface area contributed by atoms with Gasteiger partial charge in [-0.05, 0) is 0 Å². The first-order valence-electron chi connectivity index (χ1n) is 4.72. The van der Waals surface area contributed by atoms with Crippen LogP contribution in [0.3, 0.4) is 0 Å². The van der Waals surface area contributed by atoms with E-state index in [1.807, 2.05) is 36.4 Å². The molecule has 1 aromatic rings. The summed E-state index contributed by atoms with van der Waals surface area (Å²) in [6.45, 7) is 0.503. The second-order valence-corrected chi connectivity index (χ2v) is 4.31. The van der Waals surface area contributed by atoms with Crippen LogP contribution in [0.25, 0.3) is 0 Å². The summed E-state index contributed by atoms with van der Waals surface area (Å²) >= 11 is 10.5. The van der Waals surface area contributed by atoms with Crippen molar-refractivity contribution in [1.82, 2.24) is 0 Å². The van der Waals surface area contributed by atoms with E-state index in [-0.39, 0.29) is 13.2 Å². The van der Waals surface area contributed by atoms with Gasteiger partial charge in [0, 0.05) is 11.8 Å². The zero-order valence-corrected chi connectivity index (χ0v) is 11.3. The maximum Gasteiger partial charge on any atom is 0.319 e. The fourth-order valence-electron chi connectivity index (χ4n) is 0.670. The van der Waals surface area contributed by atoms with Crippen LogP contribution < -0.4 is 0 Å². The molecule has 0 saturated heterocycles. The summed E-state index contributed by atoms with van der Waals surface area (Å²) < 4.78 is 19.8. The van der Waals surface area contributed by atoms with Crippen molar-refractivity contribution < 1.29 is 13.6 Å². The van der Waals surface area contributed by atoms with Gasteiger partial charge >= 0.3 is 8.25 Å². The van der Waals surface area contributed by atoms with Gasteiger partial charge in [0.15, 0.2) is 0 Å². The molecule has 0 amide bonds. The lowest BCUT2D eigenvalue weighted by Crippen LogP contribution is -1.91. The molecule has 0 fully saturated rings. The fraction of sp³-hybridized carbons (Fsp3) is 0.400. The van der Waals surface area contributed by atoms with Gasteiger partial charge in [-0.2, -0.15) is 0 Å². The van der Waals surface area contributed by atoms with Crippen LogP contribution in [0.15, 0.2) is 36.4 Å². The highest BCUT2D eigenvalue weighted by Crippen LogP contribution is 2.22. The molecule has 6 heteroatoms. The lowest BCUT2D eigenvalue weighted by molar-refractivity contribution is 0.245. The predicted octanol–water partition coefficient (Wildman–Crippen LogP) is 3.57. The molecule has 0 heterocycles. The monoisotopic (exact) mass is 284 g/mol. The normalized spacial score (nSPS) is 9.69. The Hall–Kier alpha value is -0.0500. The Bertz CT molecular complexity index is 223. The van der Waals surface area contributed by atoms with Crippen molar-refractivity contribution >= 4 is 31.5 Å². The molecule has 0 spiro atoms. The maximum absolute atomic E-state index is 10.6. The lowest BCUT2D eigenvalue weighted by Gasteiger charge is -2.00. The van der Waals surface area contributed by atoms with Crippen molar-refractivity contribution in [3.05, 3.63) is 36.4 Å². The molecule has 1 aromatic carbocycles. The first-order chi connectivity index (χ1) is 7.81. The summed E-state index contributed by atoms with van der Waals surface area (Å²) in [6, 6.07) is 12.0. The molecule has 92 valence electrons. The molecular formula is C10H15Cl2O3P. The Labute approximate surface area is 107 Å². The summed E-state index contributed by atoms with van der Waals surface area (Å²) in [5.74, 6) is 0.640. The fourth-order valence-corrected chi connectivity index (χ4v) is 1.70. The molecule has 0 saturated carbocycles. The number of hydrogen-bond acceptors (Lipinski definition) is 3. The van der Waals surface area contributed by atoms with Crippen LogP contribution in [0.2, 0.25) is 0 Å². The Balaban J connectivity index is 0.000000315. The van der Waals surface area contributed by atoms with E-state index >= 15 is 0 Å². The highest BCUT2D eigenvalue weighted by atomic mass is 35.5. The van der Waals surface area contributed by atoms with Crippen LogP contribution in [0, 0.1) is 0 Å². The first-order valence-corrected chi connectivity index (χ1v) is 7.02. The van der Waals surface area contributed by atoms with E-state index in [1.54, 1.807) is 0 Å². The second kappa shape index (κ2) is 13.0. The van der Waals surface area contributed by atoms with E-state index in [2.05, 4.69) is 9.05 Å². The van der Waals surface area contributed by atoms with Gasteiger partial charge < -0.3 is 9.05 Å². The van der Waals surface area contributed by atoms with Gasteiger partial charge in [-0.3, -0.25) is 4.57 Å². The minimum absolute atomic E-state index is 0.252. The van der Waals surface area contributed by atoms with Crippen LogP contribution in [0.4, 0.5) is 0 Å². The van der Waals surface area contributed by atoms with Gasteiger partial charge in [0.05, 0.1) is 13.2 Å². The van der Waals surface area contributed by atoms with Crippen LogP contribution >= 0.6 is 31.5 Å². The Morgan fingerprint density at radius 1 is 0.812 bits per heavy atom. The van der Waals surface area contributed by atoms with Crippen molar-refractivity contribution in [2.45, 2.75) is 0 Å². The van der Waals surface area contributed by atoms with Crippen LogP contribution in [0.5, 0.6) is 0 Å². The van der Waals surface area contributed by atoms with Crippen molar-refractivity contribution in [2.75, 3.05) is 25.0 Å². The largest absolute Gasteiger partial charge is 0.319 e. The highest BCUT2D eigenvalue weighted by molar-refractivity contribution is 7.33. The number of benzene rings is 1. The minimum atomic E-state index is -2.33. The molecule has 0 atom stereocenters. The van der Waals surface area contributed by atoms with Crippen molar-refractivity contribution in [3.63, 3.8) is 0 Å². The molecule has 0 bridgehead atoms. The van der Waals surface area contributed by atoms with Crippen LogP contribution in [-0.2, 0) is 13.6 Å². The molecule has 0 aliphatic carbocycles. The average Bonchev–Trinajstić information content (AvgIpc) is 2.36. The SMILES string of the molecule is O=[PH](OCCCl)OCCCl.c1ccccc1. The summed E-state index contributed by atoms with van der Waals surface area (Å²) in [6.07, 6.45) is 0. The highest BCUT2D eigenvalue weighted by Gasteiger charge is 1.96. The summed E-state index contributed by atoms with van der Waals surface area (Å²) in [7, 11) is -2.33. The van der Waals surface area contributed by atoms with Crippen molar-refractivity contribution in [1.29, 1.82) is 0 Å². The van der Waals surface area contributed by atoms with E-state index < -0.39 is 8.25 Å². The molecule has 0 aliphatic rings. The zero-order chi connectivity index (χ0) is 12.1. The third kappa shape index (κ3) is 12.0. The van der Waals surface area contributed by atoms with Gasteiger partial charge in [0.25, 0.3) is 0 Å². The van der Waals surface area contributed by atoms with Gasteiger partial charge in [0.2, 0.25) is 0 Å². The molecule has 0 radical (unpaired) electrons. The van der Waals surface area contributed by atoms with Crippen LogP contribution in [0.1, 0.15) is 0 Å². The van der Waals surface area contributed by atoms with E-state index in [1.165, 1.54) is 0 Å². The van der Waals surface area contributed by atoms with Crippen LogP contribution in [-0.4, -0.2) is 25.0 Å². The topological polar surface area (TPSA) is 35.5 Å². The summed E-state index contributed by atoms with van der Waals surface area (Å²) in [4.78, 5) is 0. The summed E-state index contributed by atoms with van der Waals surface area (Å²) in [5, 5.41) is 0. The molecule has 0 aliphatic heterocycles. The molecular weight excluding hydrogens is 270 g/mol. The smallest absolute Gasteiger partial charge is 0.309 e. The third-order valence-electron chi connectivity index (χ3n) is 1.26. The Morgan fingerprint density at radius 2 is 1.12 bits per heavy atom. The average molecular weight is 285 g/mol. The Kier molecular flexibility index (Phi) is 13.0. The number of halogens is 2. The molecule has 0 N–H and O–H groups in total. The first kappa shape index (κ1) is 16.0. The van der Waals surface area contributed by atoms with Crippen molar-refractivity contribution in [3.8, 4) is 0 Å². The zero-order valence-electron chi connectivity index (χ0n) is 8.77. The van der Waals surface area contributed by atoms with E-state index in [4.69, 9.17) is 23.2 Å². The predicted molar refractivity (Wildman–Crippen MR) is 68.8 cm³/mol. The van der Waals surface area contributed by atoms with E-state index in [9.17, 15) is 4.57 Å². The van der Waals surface area contributed by atoms with Crippen molar-refractivity contribution in [2.24, 2.45) is 0 Å². The minimum Gasteiger partial charge on any atom is -0.309 e. The van der Waals surface area contributed by atoms with Gasteiger partial charge in [-0.25, -0.2) is 0 Å². The third-order valence-corrected chi connectivity index (χ3v) is 2.45. The number of rotatable bonds is 6. The summed E-state index contributed by atoms with van der Waals surface area (Å²) in [5.41, 5.74) is 0. The lowest BCUT2D eigenvalue weighted by atomic mass is 10.4. The van der Waals surface area contributed by atoms with E-state index in [0.29, 0.717) is 11.8 Å². The molecule has 3 nitrogen and oxygen atoms in total. The second-order valence-electron chi connectivity index (χ2n) is 2.48. The number of hydrogen-bond donors (Lipinski definition) is 0. The molecule has 1 rings (SSSR count). The molecule has 0 aromatic heterocycles. The standard InChI is InChI=1S/C6H6.C4H9Cl2O3P/c1-2-4-6-5-3-1;5-1-3-8-10(7)9-4-2-6/h1-6H;10H,1-4H2. The van der Waals surface area contributed by atoms with E-state index in [0.717, 1.165) is 0 Å². The number of alkyl halides is 2. The molecule has 0 unspecified atom stereocenters. The van der Waals surface area contributed by atoms with Gasteiger partial charge in [-0.1, -0.05) is 36.4 Å². The Morgan fingerprint density at radius 3 is 1.38 bits per heavy atom. The quantitative estimate of drug-likeness (QED) is 0.592.